The van der Waals surface area contributed by atoms with Gasteiger partial charge in [0.15, 0.2) is 0 Å². The van der Waals surface area contributed by atoms with Crippen molar-refractivity contribution in [3.63, 3.8) is 0 Å². The van der Waals surface area contributed by atoms with Crippen LogP contribution in [0.4, 0.5) is 5.88 Å². The summed E-state index contributed by atoms with van der Waals surface area (Å²) in [5, 5.41) is 7.11. The fourth-order valence-electron chi connectivity index (χ4n) is 3.89. The van der Waals surface area contributed by atoms with Crippen LogP contribution < -0.4 is 5.32 Å². The highest BCUT2D eigenvalue weighted by Crippen LogP contribution is 2.31. The van der Waals surface area contributed by atoms with Crippen molar-refractivity contribution < 1.29 is 18.8 Å². The number of nitrogens with zero attached hydrogens (tertiary/aromatic N) is 3. The molecular weight excluding hydrogens is 408 g/mol. The van der Waals surface area contributed by atoms with Gasteiger partial charge < -0.3 is 14.0 Å². The minimum atomic E-state index is -0.701. The van der Waals surface area contributed by atoms with Crippen molar-refractivity contribution in [3.05, 3.63) is 23.6 Å². The molecular formula is C24H38N4O4. The molecule has 0 spiro atoms. The predicted molar refractivity (Wildman–Crippen MR) is 125 cm³/mol. The number of hydrogen-bond donors (Lipinski definition) is 1. The van der Waals surface area contributed by atoms with Gasteiger partial charge in [0.1, 0.15) is 11.5 Å². The standard InChI is InChI=1S/C24H38N4O4/c1-8-18-13-16(2)31-22(25-18)23(3,4)19-14-20(32-27-19)26-21(29)24(5,6)28(7)15-17-9-11-30-12-10-17/h13-14,17-18H,8-12,15H2,1-7H3,(H,26,29). The normalized spacial score (nSPS) is 20.6. The Morgan fingerprint density at radius 3 is 2.59 bits per heavy atom. The fourth-order valence-corrected chi connectivity index (χ4v) is 3.89. The van der Waals surface area contributed by atoms with E-state index < -0.39 is 11.0 Å². The van der Waals surface area contributed by atoms with E-state index in [1.165, 1.54) is 0 Å². The van der Waals surface area contributed by atoms with Gasteiger partial charge >= 0.3 is 0 Å². The highest BCUT2D eigenvalue weighted by molar-refractivity contribution is 5.96. The number of amides is 1. The van der Waals surface area contributed by atoms with Gasteiger partial charge in [-0.1, -0.05) is 12.1 Å². The number of aliphatic imine (C=N–C) groups is 1. The van der Waals surface area contributed by atoms with Gasteiger partial charge in [-0.05, 0) is 72.9 Å². The smallest absolute Gasteiger partial charge is 0.246 e. The van der Waals surface area contributed by atoms with E-state index in [1.54, 1.807) is 6.07 Å². The summed E-state index contributed by atoms with van der Waals surface area (Å²) in [5.41, 5.74) is -0.636. The molecule has 1 N–H and O–H groups in total. The molecule has 0 aromatic carbocycles. The second-order valence-electron chi connectivity index (χ2n) is 9.94. The second kappa shape index (κ2) is 9.75. The molecule has 2 aliphatic heterocycles. The summed E-state index contributed by atoms with van der Waals surface area (Å²) >= 11 is 0. The molecule has 1 saturated heterocycles. The molecule has 2 aliphatic rings. The van der Waals surface area contributed by atoms with E-state index >= 15 is 0 Å². The number of carbonyl (C=O) groups is 1. The monoisotopic (exact) mass is 446 g/mol. The number of likely N-dealkylation sites (N-methyl/N-ethyl adjacent to an activating group) is 1. The third kappa shape index (κ3) is 5.41. The quantitative estimate of drug-likeness (QED) is 0.646. The third-order valence-electron chi connectivity index (χ3n) is 6.69. The van der Waals surface area contributed by atoms with Crippen LogP contribution >= 0.6 is 0 Å². The van der Waals surface area contributed by atoms with Crippen LogP contribution in [0.15, 0.2) is 27.4 Å². The molecule has 0 bridgehead atoms. The topological polar surface area (TPSA) is 89.2 Å². The lowest BCUT2D eigenvalue weighted by Crippen LogP contribution is -2.52. The molecule has 0 aliphatic carbocycles. The van der Waals surface area contributed by atoms with Gasteiger partial charge in [-0.15, -0.1) is 0 Å². The maximum absolute atomic E-state index is 13.1. The number of carbonyl (C=O) groups excluding carboxylic acids is 1. The molecule has 1 unspecified atom stereocenters. The first-order valence-corrected chi connectivity index (χ1v) is 11.6. The van der Waals surface area contributed by atoms with Gasteiger partial charge in [0.25, 0.3) is 0 Å². The van der Waals surface area contributed by atoms with Crippen LogP contribution in [-0.2, 0) is 19.7 Å². The van der Waals surface area contributed by atoms with Crippen molar-refractivity contribution in [1.29, 1.82) is 0 Å². The summed E-state index contributed by atoms with van der Waals surface area (Å²) in [6.07, 6.45) is 4.98. The molecule has 8 heteroatoms. The largest absolute Gasteiger partial charge is 0.447 e. The van der Waals surface area contributed by atoms with E-state index in [9.17, 15) is 4.79 Å². The van der Waals surface area contributed by atoms with Crippen LogP contribution in [0, 0.1) is 5.92 Å². The summed E-state index contributed by atoms with van der Waals surface area (Å²) in [5.74, 6) is 2.16. The number of hydrogen-bond acceptors (Lipinski definition) is 7. The minimum Gasteiger partial charge on any atom is -0.447 e. The van der Waals surface area contributed by atoms with Crippen molar-refractivity contribution in [3.8, 4) is 0 Å². The number of aromatic nitrogens is 1. The molecule has 178 valence electrons. The van der Waals surface area contributed by atoms with Gasteiger partial charge in [0.2, 0.25) is 17.7 Å². The van der Waals surface area contributed by atoms with E-state index in [0.717, 1.165) is 44.8 Å². The van der Waals surface area contributed by atoms with Crippen LogP contribution in [0.1, 0.15) is 66.5 Å². The molecule has 8 nitrogen and oxygen atoms in total. The summed E-state index contributed by atoms with van der Waals surface area (Å²) in [7, 11) is 1.99. The number of rotatable bonds is 8. The lowest BCUT2D eigenvalue weighted by atomic mass is 9.88. The van der Waals surface area contributed by atoms with E-state index in [0.29, 0.717) is 23.4 Å². The van der Waals surface area contributed by atoms with Crippen molar-refractivity contribution in [2.45, 2.75) is 77.8 Å². The van der Waals surface area contributed by atoms with Crippen LogP contribution in [-0.4, -0.2) is 60.2 Å². The van der Waals surface area contributed by atoms with Crippen molar-refractivity contribution in [2.75, 3.05) is 32.1 Å². The Morgan fingerprint density at radius 1 is 1.25 bits per heavy atom. The first kappa shape index (κ1) is 24.5. The summed E-state index contributed by atoms with van der Waals surface area (Å²) < 4.78 is 16.8. The molecule has 1 fully saturated rings. The molecule has 32 heavy (non-hydrogen) atoms. The Kier molecular flexibility index (Phi) is 7.45. The zero-order valence-electron chi connectivity index (χ0n) is 20.5. The van der Waals surface area contributed by atoms with E-state index in [4.69, 9.17) is 19.0 Å². The zero-order valence-corrected chi connectivity index (χ0v) is 20.5. The van der Waals surface area contributed by atoms with Crippen LogP contribution in [0.5, 0.6) is 0 Å². The van der Waals surface area contributed by atoms with Gasteiger partial charge in [-0.25, -0.2) is 4.99 Å². The Bertz CT molecular complexity index is 865. The average Bonchev–Trinajstić information content (AvgIpc) is 3.23. The number of anilines is 1. The van der Waals surface area contributed by atoms with Crippen molar-refractivity contribution in [2.24, 2.45) is 10.9 Å². The Balaban J connectivity index is 1.67. The fraction of sp³-hybridized carbons (Fsp3) is 0.708. The molecule has 0 saturated carbocycles. The summed E-state index contributed by atoms with van der Waals surface area (Å²) in [6, 6.07) is 1.85. The van der Waals surface area contributed by atoms with E-state index in [1.807, 2.05) is 47.7 Å². The van der Waals surface area contributed by atoms with Crippen LogP contribution in [0.25, 0.3) is 0 Å². The average molecular weight is 447 g/mol. The van der Waals surface area contributed by atoms with Crippen LogP contribution in [0.2, 0.25) is 0 Å². The predicted octanol–water partition coefficient (Wildman–Crippen LogP) is 4.14. The van der Waals surface area contributed by atoms with Gasteiger partial charge in [-0.2, -0.15) is 0 Å². The lowest BCUT2D eigenvalue weighted by molar-refractivity contribution is -0.126. The number of nitrogens with one attached hydrogen (secondary N) is 1. The number of allylic oxidation sites excluding steroid dienone is 1. The Labute approximate surface area is 191 Å². The molecule has 1 aromatic rings. The van der Waals surface area contributed by atoms with Crippen molar-refractivity contribution in [1.82, 2.24) is 10.1 Å². The molecule has 1 atom stereocenters. The Hall–Kier alpha value is -2.19. The van der Waals surface area contributed by atoms with E-state index in [-0.39, 0.29) is 11.9 Å². The van der Waals surface area contributed by atoms with Crippen molar-refractivity contribution >= 4 is 17.7 Å². The maximum atomic E-state index is 13.1. The lowest BCUT2D eigenvalue weighted by Gasteiger charge is -2.37. The Morgan fingerprint density at radius 2 is 1.94 bits per heavy atom. The number of ether oxygens (including phenoxy) is 2. The third-order valence-corrected chi connectivity index (χ3v) is 6.69. The van der Waals surface area contributed by atoms with Gasteiger partial charge in [0, 0.05) is 25.8 Å². The minimum absolute atomic E-state index is 0.0937. The van der Waals surface area contributed by atoms with Gasteiger partial charge in [-0.3, -0.25) is 15.0 Å². The highest BCUT2D eigenvalue weighted by atomic mass is 16.5. The van der Waals surface area contributed by atoms with Crippen LogP contribution in [0.3, 0.4) is 0 Å². The second-order valence-corrected chi connectivity index (χ2v) is 9.94. The maximum Gasteiger partial charge on any atom is 0.246 e. The molecule has 1 amide bonds. The SMILES string of the molecule is CCC1C=C(C)OC(C(C)(C)c2cc(NC(=O)C(C)(C)N(C)CC3CCOCC3)on2)=N1. The molecule has 3 rings (SSSR count). The first-order chi connectivity index (χ1) is 15.0. The summed E-state index contributed by atoms with van der Waals surface area (Å²) in [6.45, 7) is 14.3. The van der Waals surface area contributed by atoms with Gasteiger partial charge in [0.05, 0.1) is 17.0 Å². The first-order valence-electron chi connectivity index (χ1n) is 11.6. The molecule has 1 aromatic heterocycles. The molecule has 3 heterocycles. The zero-order chi connectivity index (χ0) is 23.5. The summed E-state index contributed by atoms with van der Waals surface area (Å²) in [4.78, 5) is 19.9. The molecule has 0 radical (unpaired) electrons. The van der Waals surface area contributed by atoms with E-state index in [2.05, 4.69) is 22.3 Å². The highest BCUT2D eigenvalue weighted by Gasteiger charge is 2.37.